The van der Waals surface area contributed by atoms with Gasteiger partial charge in [-0.25, -0.2) is 9.98 Å². The Bertz CT molecular complexity index is 2960. The van der Waals surface area contributed by atoms with Gasteiger partial charge in [0.1, 0.15) is 11.2 Å². The summed E-state index contributed by atoms with van der Waals surface area (Å²) in [6.45, 7) is 0. The summed E-state index contributed by atoms with van der Waals surface area (Å²) >= 11 is 0. The van der Waals surface area contributed by atoms with Crippen molar-refractivity contribution < 1.29 is 4.42 Å². The van der Waals surface area contributed by atoms with Crippen LogP contribution in [-0.4, -0.2) is 17.9 Å². The number of hydrogen-bond acceptors (Lipinski definition) is 3. The van der Waals surface area contributed by atoms with Gasteiger partial charge in [0.25, 0.3) is 0 Å². The van der Waals surface area contributed by atoms with E-state index < -0.39 is 0 Å². The van der Waals surface area contributed by atoms with Gasteiger partial charge in [-0.2, -0.15) is 5.26 Å². The van der Waals surface area contributed by atoms with Crippen molar-refractivity contribution in [2.24, 2.45) is 9.98 Å². The molecule has 1 N–H and O–H groups in total. The minimum Gasteiger partial charge on any atom is -0.456 e. The third-order valence-electron chi connectivity index (χ3n) is 11.9. The molecule has 272 valence electrons. The molecule has 0 saturated heterocycles. The van der Waals surface area contributed by atoms with Crippen LogP contribution in [0.4, 0.5) is 0 Å². The minimum atomic E-state index is -0.0218. The van der Waals surface area contributed by atoms with Crippen molar-refractivity contribution in [3.8, 4) is 39.4 Å². The van der Waals surface area contributed by atoms with E-state index in [2.05, 4.69) is 84.9 Å². The van der Waals surface area contributed by atoms with E-state index in [1.165, 1.54) is 52.6 Å². The number of amidine groups is 2. The van der Waals surface area contributed by atoms with Crippen LogP contribution in [0.2, 0.25) is 0 Å². The lowest BCUT2D eigenvalue weighted by atomic mass is 9.67. The number of furan rings is 1. The van der Waals surface area contributed by atoms with E-state index in [-0.39, 0.29) is 11.3 Å². The van der Waals surface area contributed by atoms with Crippen LogP contribution in [0.25, 0.3) is 55.3 Å². The molecule has 1 heterocycles. The van der Waals surface area contributed by atoms with Crippen molar-refractivity contribution in [1.29, 1.82) is 10.7 Å². The molecular weight excluding hydrogens is 697 g/mol. The summed E-state index contributed by atoms with van der Waals surface area (Å²) in [5.74, 6) is 0.574. The summed E-state index contributed by atoms with van der Waals surface area (Å²) in [5.41, 5.74) is 14.7. The predicted octanol–water partition coefficient (Wildman–Crippen LogP) is 12.9. The third kappa shape index (κ3) is 5.98. The second-order valence-electron chi connectivity index (χ2n) is 15.1. The largest absolute Gasteiger partial charge is 0.456 e. The molecule has 5 nitrogen and oxygen atoms in total. The first-order valence-electron chi connectivity index (χ1n) is 19.7. The molecule has 0 amide bonds. The number of para-hydroxylation sites is 1. The van der Waals surface area contributed by atoms with Gasteiger partial charge in [-0.1, -0.05) is 147 Å². The summed E-state index contributed by atoms with van der Waals surface area (Å²) in [4.78, 5) is 9.74. The van der Waals surface area contributed by atoms with Crippen molar-refractivity contribution in [2.45, 2.75) is 37.5 Å². The lowest BCUT2D eigenvalue weighted by Crippen LogP contribution is -2.28. The topological polar surface area (TPSA) is 85.5 Å². The molecule has 2 aliphatic carbocycles. The monoisotopic (exact) mass is 734 g/mol. The van der Waals surface area contributed by atoms with E-state index in [0.29, 0.717) is 11.4 Å². The normalized spacial score (nSPS) is 14.5. The Labute approximate surface area is 331 Å². The average Bonchev–Trinajstić information content (AvgIpc) is 3.79. The van der Waals surface area contributed by atoms with E-state index >= 15 is 0 Å². The van der Waals surface area contributed by atoms with Crippen molar-refractivity contribution in [1.82, 2.24) is 0 Å². The smallest absolute Gasteiger partial charge is 0.162 e. The van der Waals surface area contributed by atoms with Crippen molar-refractivity contribution in [3.05, 3.63) is 191 Å². The van der Waals surface area contributed by atoms with Gasteiger partial charge < -0.3 is 4.42 Å². The summed E-state index contributed by atoms with van der Waals surface area (Å²) in [6, 6.07) is 56.2. The molecule has 1 spiro atoms. The second kappa shape index (κ2) is 14.2. The quantitative estimate of drug-likeness (QED) is 0.141. The highest BCUT2D eigenvalue weighted by Gasteiger charge is 2.44. The molecule has 0 aliphatic heterocycles. The molecule has 57 heavy (non-hydrogen) atoms. The predicted molar refractivity (Wildman–Crippen MR) is 232 cm³/mol. The lowest BCUT2D eigenvalue weighted by Gasteiger charge is -2.36. The van der Waals surface area contributed by atoms with Crippen LogP contribution in [0, 0.1) is 16.7 Å². The Kier molecular flexibility index (Phi) is 8.53. The highest BCUT2D eigenvalue weighted by Crippen LogP contribution is 2.58. The highest BCUT2D eigenvalue weighted by atomic mass is 16.3. The molecule has 8 aromatic rings. The Morgan fingerprint density at radius 2 is 1.40 bits per heavy atom. The fourth-order valence-corrected chi connectivity index (χ4v) is 9.20. The van der Waals surface area contributed by atoms with E-state index in [4.69, 9.17) is 19.8 Å². The Morgan fingerprint density at radius 3 is 2.25 bits per heavy atom. The van der Waals surface area contributed by atoms with Gasteiger partial charge >= 0.3 is 0 Å². The van der Waals surface area contributed by atoms with Crippen LogP contribution in [0.5, 0.6) is 0 Å². The Morgan fingerprint density at radius 1 is 0.649 bits per heavy atom. The Balaban J connectivity index is 0.995. The summed E-state index contributed by atoms with van der Waals surface area (Å²) in [7, 11) is 0. The second-order valence-corrected chi connectivity index (χ2v) is 15.1. The maximum atomic E-state index is 9.82. The number of hydrogen-bond donors (Lipinski definition) is 1. The maximum absolute atomic E-state index is 9.82. The van der Waals surface area contributed by atoms with Crippen molar-refractivity contribution >= 4 is 39.8 Å². The van der Waals surface area contributed by atoms with Gasteiger partial charge in [-0.05, 0) is 93.2 Å². The highest BCUT2D eigenvalue weighted by molar-refractivity contribution is 6.22. The molecule has 2 aliphatic rings. The summed E-state index contributed by atoms with van der Waals surface area (Å²) < 4.78 is 6.19. The maximum Gasteiger partial charge on any atom is 0.162 e. The first-order chi connectivity index (χ1) is 28.1. The molecule has 1 aromatic heterocycles. The van der Waals surface area contributed by atoms with E-state index in [1.807, 2.05) is 85.1 Å². The van der Waals surface area contributed by atoms with Crippen LogP contribution in [-0.2, 0) is 5.41 Å². The minimum absolute atomic E-state index is 0.0218. The fourth-order valence-electron chi connectivity index (χ4n) is 9.20. The molecule has 1 fully saturated rings. The van der Waals surface area contributed by atoms with E-state index in [1.54, 1.807) is 0 Å². The van der Waals surface area contributed by atoms with Crippen LogP contribution >= 0.6 is 0 Å². The molecule has 7 aromatic carbocycles. The third-order valence-corrected chi connectivity index (χ3v) is 11.9. The zero-order valence-electron chi connectivity index (χ0n) is 31.4. The van der Waals surface area contributed by atoms with Gasteiger partial charge in [-0.15, -0.1) is 0 Å². The van der Waals surface area contributed by atoms with Crippen LogP contribution in [0.3, 0.4) is 0 Å². The van der Waals surface area contributed by atoms with Gasteiger partial charge in [0.15, 0.2) is 11.7 Å². The number of nitriles is 1. The number of aliphatic imine (C=N–C) groups is 2. The van der Waals surface area contributed by atoms with Gasteiger partial charge in [0.05, 0.1) is 11.6 Å². The van der Waals surface area contributed by atoms with Crippen LogP contribution in [0.1, 0.15) is 65.5 Å². The molecular formula is C52H38N4O. The van der Waals surface area contributed by atoms with Gasteiger partial charge in [0, 0.05) is 33.5 Å². The number of nitrogens with one attached hydrogen (secondary N) is 1. The zero-order chi connectivity index (χ0) is 38.3. The SMILES string of the molecule is N#Cc1ccc2c(c1)C1(CCCCC1)c1cccc(-c3cccc(-c4ccc(/C=N/C(=N\C(=N)c5ccccc5)c5cccc6oc7ccccc7c56)cc4)c3)c1-2. The molecule has 0 bridgehead atoms. The van der Waals surface area contributed by atoms with Crippen LogP contribution < -0.4 is 0 Å². The first kappa shape index (κ1) is 34.3. The first-order valence-corrected chi connectivity index (χ1v) is 19.7. The molecule has 0 radical (unpaired) electrons. The van der Waals surface area contributed by atoms with Crippen molar-refractivity contribution in [3.63, 3.8) is 0 Å². The zero-order valence-corrected chi connectivity index (χ0v) is 31.4. The number of benzene rings is 7. The van der Waals surface area contributed by atoms with Crippen molar-refractivity contribution in [2.75, 3.05) is 0 Å². The van der Waals surface area contributed by atoms with Crippen LogP contribution in [0.15, 0.2) is 172 Å². The fraction of sp³-hybridized carbons (Fsp3) is 0.115. The Hall–Kier alpha value is -7.16. The summed E-state index contributed by atoms with van der Waals surface area (Å²) in [6.07, 6.45) is 7.75. The van der Waals surface area contributed by atoms with E-state index in [9.17, 15) is 5.26 Å². The molecule has 10 rings (SSSR count). The van der Waals surface area contributed by atoms with Gasteiger partial charge in [0.2, 0.25) is 0 Å². The molecule has 0 unspecified atom stereocenters. The molecule has 1 saturated carbocycles. The standard InChI is InChI=1S/C52H38N4O/c53-32-35-24-27-41-45(30-35)52(28-7-2-8-29-52)44-19-10-17-40(48(41)44)39-15-9-14-38(31-39)36-25-22-34(23-26-36)33-55-51(56-50(54)37-12-3-1-4-13-37)43-18-11-21-47-49(43)42-16-5-6-20-46(42)57-47/h1,3-6,9-27,30-31,33,54H,2,7-8,28-29H2/b54-50?,55-33+,56-51-. The number of fused-ring (bicyclic) bond motifs is 8. The van der Waals surface area contributed by atoms with Gasteiger partial charge in [-0.3, -0.25) is 5.41 Å². The lowest BCUT2D eigenvalue weighted by molar-refractivity contribution is 0.353. The average molecular weight is 735 g/mol. The van der Waals surface area contributed by atoms with E-state index in [0.717, 1.165) is 62.6 Å². The number of nitrogens with zero attached hydrogens (tertiary/aromatic N) is 3. The number of rotatable bonds is 5. The summed E-state index contributed by atoms with van der Waals surface area (Å²) in [5, 5.41) is 20.6. The molecule has 5 heteroatoms. The molecule has 0 atom stereocenters.